The van der Waals surface area contributed by atoms with Crippen molar-refractivity contribution in [2.45, 2.75) is 18.5 Å². The van der Waals surface area contributed by atoms with Crippen molar-refractivity contribution in [2.75, 3.05) is 13.2 Å². The first-order chi connectivity index (χ1) is 15.9. The van der Waals surface area contributed by atoms with Crippen molar-refractivity contribution in [1.82, 2.24) is 5.32 Å². The summed E-state index contributed by atoms with van der Waals surface area (Å²) < 4.78 is 57.6. The van der Waals surface area contributed by atoms with Gasteiger partial charge in [0.1, 0.15) is 6.61 Å². The number of alkyl halides is 3. The third-order valence-corrected chi connectivity index (χ3v) is 5.39. The molecule has 1 aliphatic rings. The number of hydrogen-bond donors (Lipinski definition) is 1. The molecule has 168 valence electrons. The summed E-state index contributed by atoms with van der Waals surface area (Å²) in [6, 6.07) is 18.9. The van der Waals surface area contributed by atoms with Gasteiger partial charge < -0.3 is 10.1 Å². The van der Waals surface area contributed by atoms with Crippen molar-refractivity contribution in [2.24, 2.45) is 0 Å². The molecule has 0 saturated heterocycles. The molecule has 3 nitrogen and oxygen atoms in total. The normalized spacial score (nSPS) is 12.4. The molecule has 1 amide bonds. The van der Waals surface area contributed by atoms with Crippen molar-refractivity contribution >= 4 is 6.09 Å². The van der Waals surface area contributed by atoms with Gasteiger partial charge in [-0.05, 0) is 34.4 Å². The number of carbonyl (C=O) groups is 1. The van der Waals surface area contributed by atoms with Crippen LogP contribution in [0, 0.1) is 17.7 Å². The van der Waals surface area contributed by atoms with Crippen LogP contribution in [-0.2, 0) is 10.9 Å². The molecular formula is C26H19F4NO2. The minimum Gasteiger partial charge on any atom is -0.449 e. The number of alkyl carbamates (subject to hydrolysis) is 1. The minimum atomic E-state index is -4.78. The van der Waals surface area contributed by atoms with Gasteiger partial charge in [-0.1, -0.05) is 66.4 Å². The molecule has 0 bridgehead atoms. The van der Waals surface area contributed by atoms with E-state index < -0.39 is 23.7 Å². The molecule has 0 heterocycles. The van der Waals surface area contributed by atoms with Gasteiger partial charge in [-0.25, -0.2) is 9.18 Å². The van der Waals surface area contributed by atoms with Gasteiger partial charge in [-0.2, -0.15) is 13.2 Å². The average molecular weight is 453 g/mol. The Kier molecular flexibility index (Phi) is 6.36. The minimum absolute atomic E-state index is 0.0631. The van der Waals surface area contributed by atoms with E-state index in [1.807, 2.05) is 48.5 Å². The fraction of sp³-hybridized carbons (Fsp3) is 0.192. The van der Waals surface area contributed by atoms with Gasteiger partial charge in [0.25, 0.3) is 0 Å². The molecule has 0 radical (unpaired) electrons. The second-order valence-corrected chi connectivity index (χ2v) is 7.47. The van der Waals surface area contributed by atoms with Gasteiger partial charge in [-0.3, -0.25) is 0 Å². The highest BCUT2D eigenvalue weighted by Crippen LogP contribution is 2.44. The second-order valence-electron chi connectivity index (χ2n) is 7.47. The molecule has 1 N–H and O–H groups in total. The van der Waals surface area contributed by atoms with Crippen molar-refractivity contribution in [3.8, 4) is 23.0 Å². The van der Waals surface area contributed by atoms with Gasteiger partial charge in [0, 0.05) is 18.9 Å². The zero-order chi connectivity index (χ0) is 23.4. The highest BCUT2D eigenvalue weighted by atomic mass is 19.4. The Morgan fingerprint density at radius 3 is 2.21 bits per heavy atom. The number of nitrogens with one attached hydrogen (secondary N) is 1. The van der Waals surface area contributed by atoms with E-state index in [1.165, 1.54) is 6.07 Å². The van der Waals surface area contributed by atoms with E-state index in [9.17, 15) is 22.4 Å². The van der Waals surface area contributed by atoms with E-state index >= 15 is 0 Å². The Morgan fingerprint density at radius 1 is 0.939 bits per heavy atom. The number of ether oxygens (including phenoxy) is 1. The van der Waals surface area contributed by atoms with Crippen molar-refractivity contribution in [3.05, 3.63) is 94.8 Å². The average Bonchev–Trinajstić information content (AvgIpc) is 3.11. The van der Waals surface area contributed by atoms with E-state index in [0.717, 1.165) is 28.3 Å². The number of carbonyl (C=O) groups excluding carboxylic acids is 1. The van der Waals surface area contributed by atoms with Crippen LogP contribution in [0.15, 0.2) is 66.7 Å². The largest absolute Gasteiger partial charge is 0.449 e. The molecule has 3 aromatic rings. The van der Waals surface area contributed by atoms with Crippen LogP contribution in [0.1, 0.15) is 34.6 Å². The van der Waals surface area contributed by atoms with Crippen molar-refractivity contribution < 1.29 is 27.1 Å². The lowest BCUT2D eigenvalue weighted by atomic mass is 9.98. The maximum Gasteiger partial charge on any atom is 0.419 e. The van der Waals surface area contributed by atoms with E-state index in [0.29, 0.717) is 6.07 Å². The summed E-state index contributed by atoms with van der Waals surface area (Å²) in [4.78, 5) is 12.1. The zero-order valence-corrected chi connectivity index (χ0v) is 17.4. The molecule has 0 saturated carbocycles. The molecule has 1 aliphatic carbocycles. The van der Waals surface area contributed by atoms with Crippen LogP contribution < -0.4 is 5.32 Å². The molecule has 0 aliphatic heterocycles. The van der Waals surface area contributed by atoms with Crippen LogP contribution in [0.25, 0.3) is 11.1 Å². The Labute approximate surface area is 188 Å². The highest BCUT2D eigenvalue weighted by Gasteiger charge is 2.34. The van der Waals surface area contributed by atoms with Gasteiger partial charge in [0.05, 0.1) is 11.1 Å². The molecule has 7 heteroatoms. The predicted octanol–water partition coefficient (Wildman–Crippen LogP) is 6.12. The number of benzene rings is 3. The summed E-state index contributed by atoms with van der Waals surface area (Å²) in [6.45, 7) is 0.283. The van der Waals surface area contributed by atoms with Crippen molar-refractivity contribution in [1.29, 1.82) is 0 Å². The second kappa shape index (κ2) is 9.37. The zero-order valence-electron chi connectivity index (χ0n) is 17.4. The summed E-state index contributed by atoms with van der Waals surface area (Å²) in [5.41, 5.74) is 2.75. The molecule has 0 atom stereocenters. The molecule has 0 spiro atoms. The highest BCUT2D eigenvalue weighted by molar-refractivity contribution is 5.79. The van der Waals surface area contributed by atoms with Crippen LogP contribution in [0.3, 0.4) is 0 Å². The lowest BCUT2D eigenvalue weighted by Crippen LogP contribution is -2.26. The summed E-state index contributed by atoms with van der Waals surface area (Å²) in [5.74, 6) is 3.49. The van der Waals surface area contributed by atoms with E-state index in [-0.39, 0.29) is 31.1 Å². The van der Waals surface area contributed by atoms with Crippen LogP contribution in [0.5, 0.6) is 0 Å². The van der Waals surface area contributed by atoms with Crippen LogP contribution >= 0.6 is 0 Å². The lowest BCUT2D eigenvalue weighted by molar-refractivity contribution is -0.140. The fourth-order valence-electron chi connectivity index (χ4n) is 3.88. The quantitative estimate of drug-likeness (QED) is 0.293. The van der Waals surface area contributed by atoms with E-state index in [2.05, 4.69) is 17.2 Å². The predicted molar refractivity (Wildman–Crippen MR) is 116 cm³/mol. The maximum absolute atomic E-state index is 14.0. The topological polar surface area (TPSA) is 38.3 Å². The fourth-order valence-corrected chi connectivity index (χ4v) is 3.88. The SMILES string of the molecule is O=C(NCCC#Cc1cccc(C(F)(F)F)c1F)OCC1c2ccccc2-c2ccccc21. The third-order valence-electron chi connectivity index (χ3n) is 5.39. The monoisotopic (exact) mass is 453 g/mol. The van der Waals surface area contributed by atoms with Crippen LogP contribution in [-0.4, -0.2) is 19.2 Å². The number of rotatable bonds is 4. The first kappa shape index (κ1) is 22.4. The molecule has 33 heavy (non-hydrogen) atoms. The first-order valence-electron chi connectivity index (χ1n) is 10.3. The molecule has 3 aromatic carbocycles. The number of hydrogen-bond acceptors (Lipinski definition) is 2. The Balaban J connectivity index is 1.30. The maximum atomic E-state index is 14.0. The number of amides is 1. The third kappa shape index (κ3) is 4.85. The number of fused-ring (bicyclic) bond motifs is 3. The van der Waals surface area contributed by atoms with Crippen LogP contribution in [0.4, 0.5) is 22.4 Å². The van der Waals surface area contributed by atoms with Gasteiger partial charge >= 0.3 is 12.3 Å². The number of halogens is 4. The summed E-state index contributed by atoms with van der Waals surface area (Å²) >= 11 is 0. The smallest absolute Gasteiger partial charge is 0.419 e. The Morgan fingerprint density at radius 2 is 1.58 bits per heavy atom. The summed E-state index contributed by atoms with van der Waals surface area (Å²) in [7, 11) is 0. The van der Waals surface area contributed by atoms with E-state index in [1.54, 1.807) is 0 Å². The Hall–Kier alpha value is -3.79. The molecule has 4 rings (SSSR count). The first-order valence-corrected chi connectivity index (χ1v) is 10.3. The molecule has 0 fully saturated rings. The standard InChI is InChI=1S/C26H19F4NO2/c27-24-17(9-7-14-23(24)26(28,29)30)8-5-6-15-31-25(32)33-16-22-20-12-3-1-10-18(20)19-11-2-4-13-21(19)22/h1-4,7,9-14,22H,6,15-16H2,(H,31,32). The lowest BCUT2D eigenvalue weighted by Gasteiger charge is -2.14. The molecular weight excluding hydrogens is 434 g/mol. The van der Waals surface area contributed by atoms with Crippen molar-refractivity contribution in [3.63, 3.8) is 0 Å². The van der Waals surface area contributed by atoms with Gasteiger partial charge in [0.2, 0.25) is 0 Å². The van der Waals surface area contributed by atoms with Gasteiger partial charge in [0.15, 0.2) is 5.82 Å². The van der Waals surface area contributed by atoms with Gasteiger partial charge in [-0.15, -0.1) is 0 Å². The summed E-state index contributed by atoms with van der Waals surface area (Å²) in [6.07, 6.45) is -5.28. The molecule has 0 aromatic heterocycles. The molecule has 0 unspecified atom stereocenters. The Bertz CT molecular complexity index is 1200. The van der Waals surface area contributed by atoms with Crippen LogP contribution in [0.2, 0.25) is 0 Å². The van der Waals surface area contributed by atoms with E-state index in [4.69, 9.17) is 4.74 Å². The summed E-state index contributed by atoms with van der Waals surface area (Å²) in [5, 5.41) is 2.55.